The number of benzene rings is 1. The van der Waals surface area contributed by atoms with E-state index in [4.69, 9.17) is 10.00 Å². The van der Waals surface area contributed by atoms with E-state index in [0.29, 0.717) is 16.9 Å². The van der Waals surface area contributed by atoms with E-state index >= 15 is 0 Å². The smallest absolute Gasteiger partial charge is 0.338 e. The second-order valence-electron chi connectivity index (χ2n) is 5.19. The Kier molecular flexibility index (Phi) is 5.73. The number of carbonyl (C=O) groups is 2. The molecule has 26 heavy (non-hydrogen) atoms. The number of carbonyl (C=O) groups excluding carboxylic acids is 2. The minimum Gasteiger partial charge on any atom is -0.456 e. The maximum atomic E-state index is 12.1. The van der Waals surface area contributed by atoms with Crippen molar-refractivity contribution in [3.8, 4) is 16.6 Å². The maximum absolute atomic E-state index is 12.1. The summed E-state index contributed by atoms with van der Waals surface area (Å²) in [5.74, 6) is -0.863. The molecule has 0 bridgehead atoms. The quantitative estimate of drug-likeness (QED) is 0.648. The summed E-state index contributed by atoms with van der Waals surface area (Å²) in [6, 6.07) is 10.1. The minimum atomic E-state index is -0.468. The van der Waals surface area contributed by atoms with Gasteiger partial charge in [0.05, 0.1) is 17.3 Å². The first kappa shape index (κ1) is 17.8. The fourth-order valence-corrected chi connectivity index (χ4v) is 3.60. The summed E-state index contributed by atoms with van der Waals surface area (Å²) < 4.78 is 5.28. The molecular weight excluding hydrogens is 370 g/mol. The third-order valence-electron chi connectivity index (χ3n) is 3.31. The van der Waals surface area contributed by atoms with Crippen LogP contribution in [0.15, 0.2) is 46.5 Å². The number of rotatable bonds is 6. The lowest BCUT2D eigenvalue weighted by molar-refractivity contribution is -0.115. The summed E-state index contributed by atoms with van der Waals surface area (Å²) in [6.07, 6.45) is -0.217. The van der Waals surface area contributed by atoms with Crippen molar-refractivity contribution in [2.75, 3.05) is 5.32 Å². The highest BCUT2D eigenvalue weighted by Gasteiger charge is 2.11. The van der Waals surface area contributed by atoms with Gasteiger partial charge in [-0.2, -0.15) is 16.6 Å². The fraction of sp³-hybridized carbons (Fsp3) is 0.111. The van der Waals surface area contributed by atoms with E-state index in [-0.39, 0.29) is 13.0 Å². The third-order valence-corrected chi connectivity index (χ3v) is 4.94. The lowest BCUT2D eigenvalue weighted by atomic mass is 10.2. The SMILES string of the molecule is N#CCC(=O)Nc1ccc(C(=O)OCc2csc(-c3ccsc3)n2)cc1. The molecule has 3 aromatic rings. The molecule has 0 spiro atoms. The van der Waals surface area contributed by atoms with Gasteiger partial charge in [-0.25, -0.2) is 9.78 Å². The van der Waals surface area contributed by atoms with Gasteiger partial charge in [0.25, 0.3) is 0 Å². The van der Waals surface area contributed by atoms with E-state index in [1.165, 1.54) is 11.3 Å². The Hall–Kier alpha value is -3.02. The van der Waals surface area contributed by atoms with E-state index in [1.807, 2.05) is 22.2 Å². The summed E-state index contributed by atoms with van der Waals surface area (Å²) in [5.41, 5.74) is 2.65. The predicted octanol–water partition coefficient (Wildman–Crippen LogP) is 4.08. The lowest BCUT2D eigenvalue weighted by Crippen LogP contribution is -2.10. The molecule has 8 heteroatoms. The molecule has 0 aliphatic rings. The van der Waals surface area contributed by atoms with E-state index in [0.717, 1.165) is 10.6 Å². The molecule has 2 aromatic heterocycles. The molecule has 1 amide bonds. The highest BCUT2D eigenvalue weighted by Crippen LogP contribution is 2.26. The summed E-state index contributed by atoms with van der Waals surface area (Å²) in [4.78, 5) is 27.9. The van der Waals surface area contributed by atoms with E-state index in [9.17, 15) is 9.59 Å². The summed E-state index contributed by atoms with van der Waals surface area (Å²) in [7, 11) is 0. The van der Waals surface area contributed by atoms with Crippen LogP contribution in [0.2, 0.25) is 0 Å². The number of anilines is 1. The molecule has 0 aliphatic heterocycles. The number of esters is 1. The number of thiophene rings is 1. The average molecular weight is 383 g/mol. The van der Waals surface area contributed by atoms with Crippen molar-refractivity contribution in [1.29, 1.82) is 5.26 Å². The van der Waals surface area contributed by atoms with Crippen LogP contribution in [0.25, 0.3) is 10.6 Å². The van der Waals surface area contributed by atoms with Crippen LogP contribution in [-0.2, 0) is 16.1 Å². The van der Waals surface area contributed by atoms with Gasteiger partial charge in [-0.05, 0) is 35.7 Å². The van der Waals surface area contributed by atoms with Crippen molar-refractivity contribution in [3.05, 3.63) is 57.7 Å². The molecule has 0 atom stereocenters. The Labute approximate surface area is 157 Å². The first-order valence-electron chi connectivity index (χ1n) is 7.56. The predicted molar refractivity (Wildman–Crippen MR) is 99.8 cm³/mol. The number of nitriles is 1. The van der Waals surface area contributed by atoms with Gasteiger partial charge >= 0.3 is 5.97 Å². The topological polar surface area (TPSA) is 92.1 Å². The first-order chi connectivity index (χ1) is 12.7. The van der Waals surface area contributed by atoms with E-state index < -0.39 is 11.9 Å². The number of hydrogen-bond donors (Lipinski definition) is 1. The van der Waals surface area contributed by atoms with E-state index in [1.54, 1.807) is 41.7 Å². The number of aromatic nitrogens is 1. The molecular formula is C18H13N3O3S2. The molecule has 1 aromatic carbocycles. The molecule has 1 N–H and O–H groups in total. The van der Waals surface area contributed by atoms with Gasteiger partial charge < -0.3 is 10.1 Å². The number of hydrogen-bond acceptors (Lipinski definition) is 7. The van der Waals surface area contributed by atoms with Crippen molar-refractivity contribution in [3.63, 3.8) is 0 Å². The van der Waals surface area contributed by atoms with Crippen LogP contribution in [0.1, 0.15) is 22.5 Å². The molecule has 0 radical (unpaired) electrons. The van der Waals surface area contributed by atoms with Crippen LogP contribution in [0.3, 0.4) is 0 Å². The Bertz CT molecular complexity index is 941. The molecule has 0 saturated heterocycles. The lowest BCUT2D eigenvalue weighted by Gasteiger charge is -2.05. The largest absolute Gasteiger partial charge is 0.456 e. The maximum Gasteiger partial charge on any atom is 0.338 e. The standard InChI is InChI=1S/C18H13N3O3S2/c19-7-5-16(22)20-14-3-1-12(2-4-14)18(23)24-9-15-11-26-17(21-15)13-6-8-25-10-13/h1-4,6,8,10-11H,5,9H2,(H,20,22). The highest BCUT2D eigenvalue weighted by molar-refractivity contribution is 7.14. The molecule has 3 rings (SSSR count). The molecule has 0 saturated carbocycles. The van der Waals surface area contributed by atoms with Crippen molar-refractivity contribution >= 4 is 40.2 Å². The van der Waals surface area contributed by atoms with E-state index in [2.05, 4.69) is 10.3 Å². The first-order valence-corrected chi connectivity index (χ1v) is 9.39. The molecule has 0 aliphatic carbocycles. The number of nitrogens with one attached hydrogen (secondary N) is 1. The Morgan fingerprint density at radius 2 is 2.00 bits per heavy atom. The molecule has 0 fully saturated rings. The Balaban J connectivity index is 1.55. The molecule has 0 unspecified atom stereocenters. The zero-order chi connectivity index (χ0) is 18.4. The highest BCUT2D eigenvalue weighted by atomic mass is 32.1. The van der Waals surface area contributed by atoms with Crippen molar-refractivity contribution in [1.82, 2.24) is 4.98 Å². The molecule has 130 valence electrons. The Morgan fingerprint density at radius 1 is 1.19 bits per heavy atom. The molecule has 2 heterocycles. The minimum absolute atomic E-state index is 0.0973. The molecule has 6 nitrogen and oxygen atoms in total. The van der Waals surface area contributed by atoms with Gasteiger partial charge in [-0.3, -0.25) is 4.79 Å². The zero-order valence-electron chi connectivity index (χ0n) is 13.5. The van der Waals surface area contributed by atoms with Gasteiger partial charge in [0.2, 0.25) is 5.91 Å². The van der Waals surface area contributed by atoms with Gasteiger partial charge in [0.15, 0.2) is 0 Å². The van der Waals surface area contributed by atoms with Crippen LogP contribution in [0.4, 0.5) is 5.69 Å². The number of ether oxygens (including phenoxy) is 1. The van der Waals surface area contributed by atoms with Crippen molar-refractivity contribution in [2.45, 2.75) is 13.0 Å². The second-order valence-corrected chi connectivity index (χ2v) is 6.83. The monoisotopic (exact) mass is 383 g/mol. The van der Waals surface area contributed by atoms with Gasteiger partial charge in [0.1, 0.15) is 18.0 Å². The van der Waals surface area contributed by atoms with Gasteiger partial charge in [-0.15, -0.1) is 11.3 Å². The van der Waals surface area contributed by atoms with Crippen molar-refractivity contribution < 1.29 is 14.3 Å². The Morgan fingerprint density at radius 3 is 2.69 bits per heavy atom. The summed E-state index contributed by atoms with van der Waals surface area (Å²) in [5, 5.41) is 17.8. The average Bonchev–Trinajstić information content (AvgIpc) is 3.32. The van der Waals surface area contributed by atoms with Crippen LogP contribution in [0.5, 0.6) is 0 Å². The zero-order valence-corrected chi connectivity index (χ0v) is 15.1. The number of amides is 1. The van der Waals surface area contributed by atoms with Crippen LogP contribution < -0.4 is 5.32 Å². The third kappa shape index (κ3) is 4.53. The second kappa shape index (κ2) is 8.38. The normalized spacial score (nSPS) is 10.1. The number of nitrogens with zero attached hydrogens (tertiary/aromatic N) is 2. The van der Waals surface area contributed by atoms with Gasteiger partial charge in [0, 0.05) is 22.0 Å². The van der Waals surface area contributed by atoms with Crippen LogP contribution >= 0.6 is 22.7 Å². The fourth-order valence-electron chi connectivity index (χ4n) is 2.08. The summed E-state index contributed by atoms with van der Waals surface area (Å²) >= 11 is 3.11. The van der Waals surface area contributed by atoms with Gasteiger partial charge in [-0.1, -0.05) is 0 Å². The van der Waals surface area contributed by atoms with Crippen LogP contribution in [0, 0.1) is 11.3 Å². The van der Waals surface area contributed by atoms with Crippen molar-refractivity contribution in [2.24, 2.45) is 0 Å². The van der Waals surface area contributed by atoms with Crippen LogP contribution in [-0.4, -0.2) is 16.9 Å². The summed E-state index contributed by atoms with van der Waals surface area (Å²) in [6.45, 7) is 0.0973. The number of thiazole rings is 1.